The molecule has 7 heterocycles. The molecule has 9 rings (SSSR count). The highest BCUT2D eigenvalue weighted by atomic mass is 19.3. The van der Waals surface area contributed by atoms with E-state index in [9.17, 15) is 28.9 Å². The van der Waals surface area contributed by atoms with E-state index in [0.717, 1.165) is 86.6 Å². The van der Waals surface area contributed by atoms with Crippen molar-refractivity contribution < 1.29 is 28.9 Å². The monoisotopic (exact) mass is 855 g/mol. The van der Waals surface area contributed by atoms with Crippen molar-refractivity contribution >= 4 is 34.0 Å². The van der Waals surface area contributed by atoms with Crippen LogP contribution in [0.4, 0.5) is 20.3 Å². The van der Waals surface area contributed by atoms with Gasteiger partial charge in [0.2, 0.25) is 0 Å². The van der Waals surface area contributed by atoms with Crippen LogP contribution in [0.3, 0.4) is 0 Å². The van der Waals surface area contributed by atoms with E-state index in [-0.39, 0.29) is 35.6 Å². The van der Waals surface area contributed by atoms with Crippen LogP contribution in [0.1, 0.15) is 105 Å². The number of nitrogens with one attached hydrogen (secondary N) is 2. The summed E-state index contributed by atoms with van der Waals surface area (Å²) in [5.74, 6) is 0.484. The minimum absolute atomic E-state index is 0.0220. The lowest BCUT2D eigenvalue weighted by molar-refractivity contribution is -0.0296. The molecule has 0 unspecified atom stereocenters. The number of likely N-dealkylation sites (tertiary alicyclic amines) is 1. The Balaban J connectivity index is 0.782. The number of alkyl halides is 2. The summed E-state index contributed by atoms with van der Waals surface area (Å²) in [4.78, 5) is 22.6. The zero-order valence-corrected chi connectivity index (χ0v) is 34.8. The molecule has 2 saturated heterocycles. The number of aliphatic hydroxyl groups excluding tert-OH is 3. The Kier molecular flexibility index (Phi) is 12.3. The maximum Gasteiger partial charge on any atom is 0.284 e. The topological polar surface area (TPSA) is 192 Å². The predicted molar refractivity (Wildman–Crippen MR) is 228 cm³/mol. The first-order valence-electron chi connectivity index (χ1n) is 21.9. The summed E-state index contributed by atoms with van der Waals surface area (Å²) in [6.45, 7) is 5.96. The molecular weight excluding hydrogens is 801 g/mol. The zero-order valence-electron chi connectivity index (χ0n) is 34.8. The summed E-state index contributed by atoms with van der Waals surface area (Å²) in [6, 6.07) is 7.83. The quantitative estimate of drug-likeness (QED) is 0.0968. The van der Waals surface area contributed by atoms with Crippen molar-refractivity contribution in [2.75, 3.05) is 49.5 Å². The van der Waals surface area contributed by atoms with E-state index in [1.807, 2.05) is 41.0 Å². The maximum absolute atomic E-state index is 14.3. The molecule has 3 aliphatic rings. The minimum Gasteiger partial charge on any atom is -0.395 e. The van der Waals surface area contributed by atoms with Crippen LogP contribution in [0.5, 0.6) is 0 Å². The van der Waals surface area contributed by atoms with Crippen molar-refractivity contribution in [3.05, 3.63) is 72.7 Å². The summed E-state index contributed by atoms with van der Waals surface area (Å²) in [7, 11) is 0. The number of carbonyl (C=O) groups is 1. The number of hydrogen-bond donors (Lipinski definition) is 5. The molecule has 1 aromatic carbocycles. The van der Waals surface area contributed by atoms with E-state index in [0.29, 0.717) is 43.7 Å². The van der Waals surface area contributed by atoms with E-state index >= 15 is 0 Å². The molecule has 1 amide bonds. The van der Waals surface area contributed by atoms with Crippen molar-refractivity contribution in [1.82, 2.24) is 54.2 Å². The molecule has 17 nitrogen and oxygen atoms in total. The summed E-state index contributed by atoms with van der Waals surface area (Å²) < 4.78 is 35.6. The fourth-order valence-electron chi connectivity index (χ4n) is 9.69. The maximum atomic E-state index is 14.3. The number of anilines is 2. The number of carbonyl (C=O) groups excluding carboxylic acids is 1. The van der Waals surface area contributed by atoms with E-state index in [2.05, 4.69) is 52.8 Å². The molecule has 2 aliphatic heterocycles. The van der Waals surface area contributed by atoms with Crippen LogP contribution in [0.25, 0.3) is 27.7 Å². The predicted octanol–water partition coefficient (Wildman–Crippen LogP) is 5.17. The van der Waals surface area contributed by atoms with Crippen molar-refractivity contribution in [3.63, 3.8) is 0 Å². The van der Waals surface area contributed by atoms with Crippen LogP contribution in [0.2, 0.25) is 0 Å². The Hall–Kier alpha value is -5.34. The number of hydrogen-bond acceptors (Lipinski definition) is 12. The molecular formula is C43H55F2N13O4. The van der Waals surface area contributed by atoms with Crippen LogP contribution >= 0.6 is 0 Å². The molecule has 1 aliphatic carbocycles. The highest BCUT2D eigenvalue weighted by molar-refractivity contribution is 6.08. The van der Waals surface area contributed by atoms with Crippen molar-refractivity contribution in [2.24, 2.45) is 5.92 Å². The lowest BCUT2D eigenvalue weighted by atomic mass is 9.85. The van der Waals surface area contributed by atoms with Gasteiger partial charge in [-0.05, 0) is 81.4 Å². The molecule has 19 heteroatoms. The van der Waals surface area contributed by atoms with Gasteiger partial charge < -0.3 is 30.4 Å². The van der Waals surface area contributed by atoms with E-state index in [4.69, 9.17) is 5.10 Å². The van der Waals surface area contributed by atoms with Crippen LogP contribution in [0.15, 0.2) is 61.4 Å². The number of piperidine rings is 2. The van der Waals surface area contributed by atoms with Crippen molar-refractivity contribution in [2.45, 2.75) is 102 Å². The molecule has 5 N–H and O–H groups in total. The van der Waals surface area contributed by atoms with Crippen molar-refractivity contribution in [1.29, 1.82) is 0 Å². The van der Waals surface area contributed by atoms with Gasteiger partial charge in [-0.1, -0.05) is 19.1 Å². The van der Waals surface area contributed by atoms with E-state index in [1.54, 1.807) is 16.9 Å². The number of halogens is 2. The second-order valence-electron chi connectivity index (χ2n) is 17.0. The molecule has 5 aromatic heterocycles. The molecule has 0 radical (unpaired) electrons. The Bertz CT molecular complexity index is 2460. The Morgan fingerprint density at radius 3 is 2.50 bits per heavy atom. The first-order valence-corrected chi connectivity index (χ1v) is 21.9. The third-order valence-corrected chi connectivity index (χ3v) is 13.0. The number of fused-ring (bicyclic) bond motifs is 2. The van der Waals surface area contributed by atoms with Gasteiger partial charge in [0.25, 0.3) is 12.3 Å². The molecule has 0 spiro atoms. The van der Waals surface area contributed by atoms with Gasteiger partial charge in [-0.15, -0.1) is 0 Å². The van der Waals surface area contributed by atoms with Gasteiger partial charge in [0, 0.05) is 62.3 Å². The zero-order chi connectivity index (χ0) is 42.9. The summed E-state index contributed by atoms with van der Waals surface area (Å²) in [5.41, 5.74) is 2.94. The smallest absolute Gasteiger partial charge is 0.284 e. The number of rotatable bonds is 14. The molecule has 3 atom stereocenters. The van der Waals surface area contributed by atoms with Gasteiger partial charge in [-0.25, -0.2) is 18.3 Å². The molecule has 6 aromatic rings. The third kappa shape index (κ3) is 8.55. The first kappa shape index (κ1) is 42.0. The third-order valence-electron chi connectivity index (χ3n) is 13.0. The number of amides is 1. The largest absolute Gasteiger partial charge is 0.395 e. The van der Waals surface area contributed by atoms with Crippen LogP contribution in [0, 0.1) is 5.92 Å². The second kappa shape index (κ2) is 18.2. The van der Waals surface area contributed by atoms with Crippen LogP contribution < -0.4 is 15.5 Å². The molecule has 0 bridgehead atoms. The highest BCUT2D eigenvalue weighted by Crippen LogP contribution is 2.37. The van der Waals surface area contributed by atoms with Gasteiger partial charge in [0.15, 0.2) is 11.3 Å². The first-order chi connectivity index (χ1) is 30.2. The van der Waals surface area contributed by atoms with Gasteiger partial charge in [0.05, 0.1) is 54.5 Å². The average molecular weight is 856 g/mol. The lowest BCUT2D eigenvalue weighted by Crippen LogP contribution is -2.48. The number of nitrogens with zero attached hydrogens (tertiary/aromatic N) is 11. The molecule has 62 heavy (non-hydrogen) atoms. The Morgan fingerprint density at radius 1 is 0.935 bits per heavy atom. The van der Waals surface area contributed by atoms with Gasteiger partial charge in [0.1, 0.15) is 23.8 Å². The number of benzene rings is 1. The molecule has 330 valence electrons. The van der Waals surface area contributed by atoms with E-state index < -0.39 is 30.5 Å². The van der Waals surface area contributed by atoms with Gasteiger partial charge >= 0.3 is 0 Å². The summed E-state index contributed by atoms with van der Waals surface area (Å²) in [6.07, 6.45) is 13.5. The standard InChI is InChI=1S/C43H55F2N13O4/c1-2-15-54(19-20-59)37-14-18-55-41(50-37)33(23-47-55)42(61)49-34-26-57(52-39(34)40(44)45)29-8-6-27(7-9-29)24-53-16-12-30(13-17-53)56-25-28(21-46-56)31-4-3-5-35-32(31)22-48-58(35)36-10-11-38(60)51-43(36)62/h3-5,14,18,21-23,25-27,29-30,36,38,40,43,51,59-60,62H,2,6-13,15-17,19-20,24H2,1H3,(H,49,61)/t27?,29?,36-,38-,43-/m1/s1. The lowest BCUT2D eigenvalue weighted by Gasteiger charge is -2.36. The minimum atomic E-state index is -2.87. The van der Waals surface area contributed by atoms with Gasteiger partial charge in [-0.2, -0.15) is 20.4 Å². The Labute approximate surface area is 357 Å². The van der Waals surface area contributed by atoms with Crippen molar-refractivity contribution in [3.8, 4) is 11.1 Å². The van der Waals surface area contributed by atoms with Crippen LogP contribution in [-0.4, -0.2) is 122 Å². The normalized spacial score (nSPS) is 22.9. The second-order valence-corrected chi connectivity index (χ2v) is 17.0. The summed E-state index contributed by atoms with van der Waals surface area (Å²) >= 11 is 0. The average Bonchev–Trinajstić information content (AvgIpc) is 4.10. The number of aromatic nitrogens is 9. The Morgan fingerprint density at radius 2 is 1.74 bits per heavy atom. The van der Waals surface area contributed by atoms with Crippen LogP contribution in [-0.2, 0) is 0 Å². The highest BCUT2D eigenvalue weighted by Gasteiger charge is 2.32. The van der Waals surface area contributed by atoms with Gasteiger partial charge in [-0.3, -0.25) is 24.2 Å². The fourth-order valence-corrected chi connectivity index (χ4v) is 9.69. The molecule has 1 saturated carbocycles. The molecule has 3 fully saturated rings. The SMILES string of the molecule is CCCN(CCO)c1ccn2ncc(C(=O)Nc3cn(C4CCC(CN5CCC(n6cc(-c7cccc8c7cnn8[C@@H]7CC[C@@H](O)N[C@@H]7O)cn6)CC5)CC4)nc3C(F)F)c2n1. The fraction of sp³-hybridized carbons (Fsp3) is 0.535. The van der Waals surface area contributed by atoms with E-state index in [1.165, 1.54) is 16.9 Å². The number of aliphatic hydroxyl groups is 3. The summed E-state index contributed by atoms with van der Waals surface area (Å²) in [5, 5.41) is 54.5.